The second kappa shape index (κ2) is 6.72. The molecule has 0 aliphatic carbocycles. The summed E-state index contributed by atoms with van der Waals surface area (Å²) < 4.78 is 11.2. The average Bonchev–Trinajstić information content (AvgIpc) is 3.33. The van der Waals surface area contributed by atoms with Crippen molar-refractivity contribution < 1.29 is 13.6 Å². The molecule has 3 aromatic heterocycles. The van der Waals surface area contributed by atoms with Crippen LogP contribution in [0.2, 0.25) is 0 Å². The second-order valence-corrected chi connectivity index (χ2v) is 6.42. The Kier molecular flexibility index (Phi) is 4.27. The molecule has 3 aromatic rings. The van der Waals surface area contributed by atoms with Gasteiger partial charge in [-0.15, -0.1) is 10.2 Å². The zero-order valence-corrected chi connectivity index (χ0v) is 14.8. The number of anilines is 1. The molecule has 8 heteroatoms. The maximum absolute atomic E-state index is 12.4. The van der Waals surface area contributed by atoms with Gasteiger partial charge in [0, 0.05) is 26.2 Å². The molecule has 1 aliphatic rings. The predicted octanol–water partition coefficient (Wildman–Crippen LogP) is 3.05. The predicted molar refractivity (Wildman–Crippen MR) is 94.3 cm³/mol. The largest absolute Gasteiger partial charge is 0.463 e. The van der Waals surface area contributed by atoms with E-state index in [2.05, 4.69) is 31.0 Å². The van der Waals surface area contributed by atoms with Crippen molar-refractivity contribution in [3.8, 4) is 11.5 Å². The van der Waals surface area contributed by atoms with Gasteiger partial charge in [0.15, 0.2) is 22.0 Å². The summed E-state index contributed by atoms with van der Waals surface area (Å²) in [6.45, 7) is 2.61. The van der Waals surface area contributed by atoms with Crippen LogP contribution in [0.3, 0.4) is 0 Å². The lowest BCUT2D eigenvalue weighted by molar-refractivity contribution is 0.0713. The topological polar surface area (TPSA) is 75.6 Å². The van der Waals surface area contributed by atoms with E-state index in [1.54, 1.807) is 23.3 Å². The Balaban J connectivity index is 1.39. The van der Waals surface area contributed by atoms with Crippen molar-refractivity contribution in [2.24, 2.45) is 0 Å². The quantitative estimate of drug-likeness (QED) is 0.669. The number of hydrogen-bond donors (Lipinski definition) is 0. The number of furan rings is 2. The van der Waals surface area contributed by atoms with Crippen LogP contribution in [-0.2, 0) is 0 Å². The van der Waals surface area contributed by atoms with E-state index in [9.17, 15) is 4.79 Å². The van der Waals surface area contributed by atoms with E-state index in [0.717, 1.165) is 5.82 Å². The van der Waals surface area contributed by atoms with Crippen molar-refractivity contribution in [1.29, 1.82) is 0 Å². The van der Waals surface area contributed by atoms with Crippen LogP contribution in [0.25, 0.3) is 11.5 Å². The number of halogens is 1. The number of amides is 1. The van der Waals surface area contributed by atoms with Crippen molar-refractivity contribution in [1.82, 2.24) is 15.1 Å². The molecule has 0 unspecified atom stereocenters. The molecule has 0 atom stereocenters. The van der Waals surface area contributed by atoms with Gasteiger partial charge in [-0.2, -0.15) is 0 Å². The minimum atomic E-state index is -0.0930. The molecule has 7 nitrogen and oxygen atoms in total. The van der Waals surface area contributed by atoms with E-state index in [-0.39, 0.29) is 5.91 Å². The van der Waals surface area contributed by atoms with Crippen LogP contribution < -0.4 is 4.90 Å². The number of aromatic nitrogens is 2. The number of carbonyl (C=O) groups is 1. The molecule has 0 saturated carbocycles. The lowest BCUT2D eigenvalue weighted by Gasteiger charge is -2.34. The van der Waals surface area contributed by atoms with Gasteiger partial charge in [0.2, 0.25) is 0 Å². The van der Waals surface area contributed by atoms with Gasteiger partial charge in [-0.05, 0) is 52.3 Å². The highest BCUT2D eigenvalue weighted by molar-refractivity contribution is 9.10. The highest BCUT2D eigenvalue weighted by atomic mass is 79.9. The molecule has 0 spiro atoms. The molecule has 1 saturated heterocycles. The van der Waals surface area contributed by atoms with E-state index in [0.29, 0.717) is 48.1 Å². The molecule has 4 heterocycles. The number of rotatable bonds is 3. The van der Waals surface area contributed by atoms with Gasteiger partial charge in [-0.25, -0.2) is 0 Å². The van der Waals surface area contributed by atoms with Gasteiger partial charge in [0.25, 0.3) is 5.91 Å². The van der Waals surface area contributed by atoms with E-state index < -0.39 is 0 Å². The van der Waals surface area contributed by atoms with E-state index in [1.807, 2.05) is 24.3 Å². The van der Waals surface area contributed by atoms with Gasteiger partial charge in [0.1, 0.15) is 5.69 Å². The van der Waals surface area contributed by atoms with E-state index in [4.69, 9.17) is 8.83 Å². The fourth-order valence-electron chi connectivity index (χ4n) is 2.77. The van der Waals surface area contributed by atoms with Crippen molar-refractivity contribution in [3.63, 3.8) is 0 Å². The average molecular weight is 403 g/mol. The molecule has 1 fully saturated rings. The molecule has 1 amide bonds. The maximum atomic E-state index is 12.4. The van der Waals surface area contributed by atoms with Crippen LogP contribution in [-0.4, -0.2) is 47.2 Å². The monoisotopic (exact) mass is 402 g/mol. The van der Waals surface area contributed by atoms with Gasteiger partial charge < -0.3 is 18.6 Å². The van der Waals surface area contributed by atoms with Gasteiger partial charge in [-0.3, -0.25) is 4.79 Å². The summed E-state index contributed by atoms with van der Waals surface area (Å²) in [7, 11) is 0. The first-order valence-corrected chi connectivity index (χ1v) is 8.67. The Bertz CT molecular complexity index is 852. The lowest BCUT2D eigenvalue weighted by Crippen LogP contribution is -2.49. The number of nitrogens with zero attached hydrogens (tertiary/aromatic N) is 4. The third-order valence-electron chi connectivity index (χ3n) is 4.10. The summed E-state index contributed by atoms with van der Waals surface area (Å²) in [6, 6.07) is 10.9. The smallest absolute Gasteiger partial charge is 0.289 e. The SMILES string of the molecule is O=C(c1ccc(Br)o1)N1CCN(c2ccc(-c3ccco3)nn2)CC1. The molecule has 1 aliphatic heterocycles. The second-order valence-electron chi connectivity index (χ2n) is 5.64. The summed E-state index contributed by atoms with van der Waals surface area (Å²) in [6.07, 6.45) is 1.61. The van der Waals surface area contributed by atoms with Gasteiger partial charge in [0.05, 0.1) is 6.26 Å². The maximum Gasteiger partial charge on any atom is 0.289 e. The number of piperazine rings is 1. The number of hydrogen-bond acceptors (Lipinski definition) is 6. The Morgan fingerprint density at radius 3 is 2.48 bits per heavy atom. The summed E-state index contributed by atoms with van der Waals surface area (Å²) in [4.78, 5) is 16.3. The zero-order chi connectivity index (χ0) is 17.2. The fraction of sp³-hybridized carbons (Fsp3) is 0.235. The minimum absolute atomic E-state index is 0.0930. The summed E-state index contributed by atoms with van der Waals surface area (Å²) >= 11 is 3.22. The number of carbonyl (C=O) groups excluding carboxylic acids is 1. The fourth-order valence-corrected chi connectivity index (χ4v) is 3.08. The minimum Gasteiger partial charge on any atom is -0.463 e. The van der Waals surface area contributed by atoms with Crippen LogP contribution in [0.15, 0.2) is 56.2 Å². The molecule has 25 heavy (non-hydrogen) atoms. The van der Waals surface area contributed by atoms with Crippen LogP contribution >= 0.6 is 15.9 Å². The Labute approximate surface area is 152 Å². The van der Waals surface area contributed by atoms with Crippen LogP contribution in [0, 0.1) is 0 Å². The zero-order valence-electron chi connectivity index (χ0n) is 13.3. The van der Waals surface area contributed by atoms with Crippen LogP contribution in [0.4, 0.5) is 5.82 Å². The van der Waals surface area contributed by atoms with Gasteiger partial charge >= 0.3 is 0 Å². The summed E-state index contributed by atoms with van der Waals surface area (Å²) in [5.41, 5.74) is 0.700. The summed E-state index contributed by atoms with van der Waals surface area (Å²) in [5, 5.41) is 8.49. The Morgan fingerprint density at radius 2 is 1.88 bits per heavy atom. The van der Waals surface area contributed by atoms with Gasteiger partial charge in [-0.1, -0.05) is 0 Å². The first kappa shape index (κ1) is 15.9. The molecular formula is C17H15BrN4O3. The third kappa shape index (κ3) is 3.30. The molecule has 0 N–H and O–H groups in total. The van der Waals surface area contributed by atoms with Crippen molar-refractivity contribution in [2.75, 3.05) is 31.1 Å². The Hall–Kier alpha value is -2.61. The Morgan fingerprint density at radius 1 is 1.04 bits per heavy atom. The normalized spacial score (nSPS) is 14.8. The van der Waals surface area contributed by atoms with Crippen LogP contribution in [0.1, 0.15) is 10.6 Å². The van der Waals surface area contributed by atoms with E-state index in [1.165, 1.54) is 0 Å². The molecule has 0 aromatic carbocycles. The highest BCUT2D eigenvalue weighted by Gasteiger charge is 2.25. The molecular weight excluding hydrogens is 388 g/mol. The third-order valence-corrected chi connectivity index (χ3v) is 4.53. The standard InChI is InChI=1S/C17H15BrN4O3/c18-15-5-4-14(25-15)17(23)22-9-7-21(8-10-22)16-6-3-12(19-20-16)13-2-1-11-24-13/h1-6,11H,7-10H2. The van der Waals surface area contributed by atoms with Crippen molar-refractivity contribution in [2.45, 2.75) is 0 Å². The first-order chi connectivity index (χ1) is 12.2. The molecule has 4 rings (SSSR count). The van der Waals surface area contributed by atoms with E-state index >= 15 is 0 Å². The molecule has 0 radical (unpaired) electrons. The molecule has 128 valence electrons. The summed E-state index contributed by atoms with van der Waals surface area (Å²) in [5.74, 6) is 1.75. The lowest BCUT2D eigenvalue weighted by atomic mass is 10.2. The van der Waals surface area contributed by atoms with Crippen molar-refractivity contribution in [3.05, 3.63) is 53.1 Å². The van der Waals surface area contributed by atoms with Crippen LogP contribution in [0.5, 0.6) is 0 Å². The molecule has 0 bridgehead atoms. The first-order valence-electron chi connectivity index (χ1n) is 7.88. The highest BCUT2D eigenvalue weighted by Crippen LogP contribution is 2.21. The van der Waals surface area contributed by atoms with Crippen molar-refractivity contribution >= 4 is 27.7 Å².